The highest BCUT2D eigenvalue weighted by molar-refractivity contribution is 5.96. The average molecular weight is 486 g/mol. The maximum atomic E-state index is 10.3. The molecule has 0 amide bonds. The van der Waals surface area contributed by atoms with Crippen molar-refractivity contribution in [2.45, 2.75) is 46.3 Å². The molecule has 2 heterocycles. The Morgan fingerprint density at radius 1 is 0.972 bits per heavy atom. The Bertz CT molecular complexity index is 1280. The first-order valence-electron chi connectivity index (χ1n) is 12.8. The van der Waals surface area contributed by atoms with Crippen LogP contribution < -0.4 is 9.47 Å². The zero-order chi connectivity index (χ0) is 25.4. The zero-order valence-electron chi connectivity index (χ0n) is 21.5. The number of allylic oxidation sites excluding steroid dienone is 1. The molecule has 2 N–H and O–H groups in total. The SMILES string of the molecule is CC1=C(c2cc(O)ccc2C)C(c2ccc(OCC(C)N3CCC(C)C3)cc2)Oc2ccc(O)cc21. The molecule has 36 heavy (non-hydrogen) atoms. The number of aromatic hydroxyl groups is 2. The van der Waals surface area contributed by atoms with Crippen molar-refractivity contribution in [3.8, 4) is 23.0 Å². The third-order valence-electron chi connectivity index (χ3n) is 7.54. The van der Waals surface area contributed by atoms with E-state index in [-0.39, 0.29) is 17.6 Å². The van der Waals surface area contributed by atoms with Gasteiger partial charge in [-0.3, -0.25) is 4.90 Å². The van der Waals surface area contributed by atoms with Crippen molar-refractivity contribution in [3.63, 3.8) is 0 Å². The normalized spacial score (nSPS) is 20.7. The minimum atomic E-state index is -0.360. The molecule has 0 aliphatic carbocycles. The van der Waals surface area contributed by atoms with Gasteiger partial charge in [0.2, 0.25) is 0 Å². The van der Waals surface area contributed by atoms with Crippen LogP contribution in [0.15, 0.2) is 60.7 Å². The number of hydrogen-bond acceptors (Lipinski definition) is 5. The molecule has 3 aromatic carbocycles. The lowest BCUT2D eigenvalue weighted by atomic mass is 9.84. The second-order valence-corrected chi connectivity index (χ2v) is 10.3. The van der Waals surface area contributed by atoms with Crippen molar-refractivity contribution < 1.29 is 19.7 Å². The molecule has 3 unspecified atom stereocenters. The van der Waals surface area contributed by atoms with E-state index in [9.17, 15) is 10.2 Å². The summed E-state index contributed by atoms with van der Waals surface area (Å²) in [6.07, 6.45) is 0.901. The van der Waals surface area contributed by atoms with Crippen LogP contribution in [0.1, 0.15) is 55.5 Å². The van der Waals surface area contributed by atoms with Crippen LogP contribution in [0.5, 0.6) is 23.0 Å². The number of phenolic OH excluding ortho intramolecular Hbond substituents is 2. The van der Waals surface area contributed by atoms with E-state index in [0.29, 0.717) is 12.6 Å². The third kappa shape index (κ3) is 4.80. The summed E-state index contributed by atoms with van der Waals surface area (Å²) in [6.45, 7) is 11.6. The van der Waals surface area contributed by atoms with E-state index >= 15 is 0 Å². The van der Waals surface area contributed by atoms with Gasteiger partial charge in [0, 0.05) is 23.7 Å². The first-order valence-corrected chi connectivity index (χ1v) is 12.8. The van der Waals surface area contributed by atoms with Crippen LogP contribution in [0.4, 0.5) is 0 Å². The van der Waals surface area contributed by atoms with Crippen molar-refractivity contribution in [2.75, 3.05) is 19.7 Å². The van der Waals surface area contributed by atoms with Crippen molar-refractivity contribution in [3.05, 3.63) is 82.9 Å². The molecule has 3 atom stereocenters. The highest BCUT2D eigenvalue weighted by atomic mass is 16.5. The maximum Gasteiger partial charge on any atom is 0.150 e. The number of likely N-dealkylation sites (tertiary alicyclic amines) is 1. The van der Waals surface area contributed by atoms with E-state index in [0.717, 1.165) is 63.9 Å². The summed E-state index contributed by atoms with van der Waals surface area (Å²) in [4.78, 5) is 2.50. The van der Waals surface area contributed by atoms with Crippen LogP contribution in [-0.4, -0.2) is 40.9 Å². The molecule has 2 aliphatic heterocycles. The number of benzene rings is 3. The molecular formula is C31H35NO4. The number of fused-ring (bicyclic) bond motifs is 1. The van der Waals surface area contributed by atoms with Crippen molar-refractivity contribution in [1.29, 1.82) is 0 Å². The first kappa shape index (κ1) is 24.3. The zero-order valence-corrected chi connectivity index (χ0v) is 21.5. The van der Waals surface area contributed by atoms with Crippen LogP contribution in [0, 0.1) is 12.8 Å². The van der Waals surface area contributed by atoms with Crippen LogP contribution in [-0.2, 0) is 0 Å². The summed E-state index contributed by atoms with van der Waals surface area (Å²) in [5.41, 5.74) is 5.82. The number of ether oxygens (including phenoxy) is 2. The average Bonchev–Trinajstić information content (AvgIpc) is 3.31. The smallest absolute Gasteiger partial charge is 0.150 e. The van der Waals surface area contributed by atoms with Crippen LogP contribution in [0.3, 0.4) is 0 Å². The second-order valence-electron chi connectivity index (χ2n) is 10.3. The van der Waals surface area contributed by atoms with E-state index in [1.165, 1.54) is 6.42 Å². The molecule has 3 aromatic rings. The molecule has 5 rings (SSSR count). The van der Waals surface area contributed by atoms with E-state index < -0.39 is 0 Å². The summed E-state index contributed by atoms with van der Waals surface area (Å²) in [5, 5.41) is 20.4. The van der Waals surface area contributed by atoms with E-state index in [2.05, 4.69) is 30.9 Å². The van der Waals surface area contributed by atoms with Crippen LogP contribution in [0.25, 0.3) is 11.1 Å². The fourth-order valence-corrected chi connectivity index (χ4v) is 5.35. The number of nitrogens with zero attached hydrogens (tertiary/aromatic N) is 1. The number of rotatable bonds is 6. The van der Waals surface area contributed by atoms with Gasteiger partial charge in [0.25, 0.3) is 0 Å². The molecule has 0 saturated carbocycles. The summed E-state index contributed by atoms with van der Waals surface area (Å²) < 4.78 is 12.7. The summed E-state index contributed by atoms with van der Waals surface area (Å²) in [7, 11) is 0. The molecule has 188 valence electrons. The highest BCUT2D eigenvalue weighted by Crippen LogP contribution is 2.48. The lowest BCUT2D eigenvalue weighted by Gasteiger charge is -2.32. The van der Waals surface area contributed by atoms with Crippen molar-refractivity contribution in [2.24, 2.45) is 5.92 Å². The van der Waals surface area contributed by atoms with Gasteiger partial charge in [-0.2, -0.15) is 0 Å². The van der Waals surface area contributed by atoms with E-state index in [1.54, 1.807) is 24.3 Å². The molecule has 5 nitrogen and oxygen atoms in total. The predicted molar refractivity (Wildman–Crippen MR) is 144 cm³/mol. The summed E-state index contributed by atoms with van der Waals surface area (Å²) in [5.74, 6) is 2.74. The quantitative estimate of drug-likeness (QED) is 0.413. The Labute approximate surface area is 213 Å². The van der Waals surface area contributed by atoms with Gasteiger partial charge in [0.15, 0.2) is 0 Å². The fourth-order valence-electron chi connectivity index (χ4n) is 5.35. The second kappa shape index (κ2) is 9.90. The molecule has 1 fully saturated rings. The molecule has 0 bridgehead atoms. The highest BCUT2D eigenvalue weighted by Gasteiger charge is 2.30. The van der Waals surface area contributed by atoms with Crippen LogP contribution >= 0.6 is 0 Å². The summed E-state index contributed by atoms with van der Waals surface area (Å²) in [6, 6.07) is 19.1. The Hall–Kier alpha value is -3.44. The van der Waals surface area contributed by atoms with Crippen LogP contribution in [0.2, 0.25) is 0 Å². The first-order chi connectivity index (χ1) is 17.3. The molecule has 1 saturated heterocycles. The molecule has 0 radical (unpaired) electrons. The monoisotopic (exact) mass is 485 g/mol. The van der Waals surface area contributed by atoms with Gasteiger partial charge in [0.05, 0.1) is 0 Å². The van der Waals surface area contributed by atoms with E-state index in [1.807, 2.05) is 38.1 Å². The Balaban J connectivity index is 1.43. The number of hydrogen-bond donors (Lipinski definition) is 2. The van der Waals surface area contributed by atoms with Crippen molar-refractivity contribution >= 4 is 11.1 Å². The minimum Gasteiger partial charge on any atom is -0.508 e. The lowest BCUT2D eigenvalue weighted by molar-refractivity contribution is 0.169. The standard InChI is InChI=1S/C31H35NO4/c1-19-13-14-32(17-19)21(3)18-35-26-10-6-23(7-11-26)31-30(27-15-24(33)8-5-20(27)2)22(4)28-16-25(34)9-12-29(28)36-31/h5-12,15-16,19,21,31,33-34H,13-14,17-18H2,1-4H3. The van der Waals surface area contributed by atoms with Gasteiger partial charge in [-0.25, -0.2) is 0 Å². The number of aryl methyl sites for hydroxylation is 1. The van der Waals surface area contributed by atoms with Gasteiger partial charge in [-0.05, 0) is 104 Å². The Morgan fingerprint density at radius 2 is 1.67 bits per heavy atom. The Kier molecular flexibility index (Phi) is 6.67. The molecular weight excluding hydrogens is 450 g/mol. The van der Waals surface area contributed by atoms with E-state index in [4.69, 9.17) is 9.47 Å². The largest absolute Gasteiger partial charge is 0.508 e. The van der Waals surface area contributed by atoms with Crippen molar-refractivity contribution in [1.82, 2.24) is 4.90 Å². The fraction of sp³-hybridized carbons (Fsp3) is 0.355. The predicted octanol–water partition coefficient (Wildman–Crippen LogP) is 6.58. The minimum absolute atomic E-state index is 0.196. The van der Waals surface area contributed by atoms with Gasteiger partial charge >= 0.3 is 0 Å². The lowest BCUT2D eigenvalue weighted by Crippen LogP contribution is -2.35. The summed E-state index contributed by atoms with van der Waals surface area (Å²) >= 11 is 0. The van der Waals surface area contributed by atoms with Gasteiger partial charge in [-0.15, -0.1) is 0 Å². The third-order valence-corrected chi connectivity index (χ3v) is 7.54. The van der Waals surface area contributed by atoms with Gasteiger partial charge in [0.1, 0.15) is 35.7 Å². The maximum absolute atomic E-state index is 10.3. The topological polar surface area (TPSA) is 62.2 Å². The van der Waals surface area contributed by atoms with Gasteiger partial charge < -0.3 is 19.7 Å². The Morgan fingerprint density at radius 3 is 2.36 bits per heavy atom. The molecule has 5 heteroatoms. The molecule has 0 aromatic heterocycles. The van der Waals surface area contributed by atoms with Gasteiger partial charge in [-0.1, -0.05) is 25.1 Å². The molecule has 0 spiro atoms. The molecule has 2 aliphatic rings. The number of phenols is 2.